The van der Waals surface area contributed by atoms with Crippen molar-refractivity contribution in [2.45, 2.75) is 43.2 Å². The van der Waals surface area contributed by atoms with Crippen LogP contribution in [0.1, 0.15) is 31.4 Å². The van der Waals surface area contributed by atoms with Gasteiger partial charge in [0.25, 0.3) is 0 Å². The van der Waals surface area contributed by atoms with Gasteiger partial charge < -0.3 is 10.4 Å². The van der Waals surface area contributed by atoms with E-state index < -0.39 is 0 Å². The second-order valence-electron chi connectivity index (χ2n) is 5.54. The SMILES string of the molecule is CNC1(CO)CCCC1CCSc1cc(C)nn1C. The third-order valence-electron chi connectivity index (χ3n) is 4.41. The second-order valence-corrected chi connectivity index (χ2v) is 6.65. The standard InChI is InChI=1S/C14H25N3OS/c1-11-9-13(17(3)16-11)19-8-6-12-5-4-7-14(12,10-18)15-2/h9,12,15,18H,4-8,10H2,1-3H3. The Morgan fingerprint density at radius 1 is 1.63 bits per heavy atom. The first-order chi connectivity index (χ1) is 9.11. The molecule has 1 fully saturated rings. The van der Waals surface area contributed by atoms with Crippen molar-refractivity contribution in [1.29, 1.82) is 0 Å². The smallest absolute Gasteiger partial charge is 0.0939 e. The maximum atomic E-state index is 9.67. The zero-order valence-electron chi connectivity index (χ0n) is 12.1. The molecule has 1 aromatic heterocycles. The molecular formula is C14H25N3OS. The van der Waals surface area contributed by atoms with Crippen molar-refractivity contribution < 1.29 is 5.11 Å². The lowest BCUT2D eigenvalue weighted by molar-refractivity contribution is 0.130. The summed E-state index contributed by atoms with van der Waals surface area (Å²) in [6, 6.07) is 2.14. The molecule has 0 bridgehead atoms. The van der Waals surface area contributed by atoms with Crippen LogP contribution >= 0.6 is 11.8 Å². The lowest BCUT2D eigenvalue weighted by Gasteiger charge is -2.33. The molecule has 5 heteroatoms. The number of aryl methyl sites for hydroxylation is 2. The Balaban J connectivity index is 1.87. The number of thioether (sulfide) groups is 1. The number of hydrogen-bond donors (Lipinski definition) is 2. The number of aliphatic hydroxyl groups is 1. The highest BCUT2D eigenvalue weighted by molar-refractivity contribution is 7.99. The number of likely N-dealkylation sites (N-methyl/N-ethyl adjacent to an activating group) is 1. The molecule has 1 aromatic rings. The zero-order chi connectivity index (χ0) is 13.9. The molecule has 4 nitrogen and oxygen atoms in total. The number of aliphatic hydroxyl groups excluding tert-OH is 1. The Bertz CT molecular complexity index is 415. The Morgan fingerprint density at radius 2 is 2.42 bits per heavy atom. The van der Waals surface area contributed by atoms with Gasteiger partial charge in [-0.15, -0.1) is 11.8 Å². The summed E-state index contributed by atoms with van der Waals surface area (Å²) < 4.78 is 1.95. The molecule has 2 unspecified atom stereocenters. The summed E-state index contributed by atoms with van der Waals surface area (Å²) in [5.74, 6) is 1.68. The minimum atomic E-state index is -0.0388. The quantitative estimate of drug-likeness (QED) is 0.784. The highest BCUT2D eigenvalue weighted by atomic mass is 32.2. The van der Waals surface area contributed by atoms with Gasteiger partial charge in [0.15, 0.2) is 0 Å². The van der Waals surface area contributed by atoms with Crippen molar-refractivity contribution in [3.63, 3.8) is 0 Å². The first-order valence-corrected chi connectivity index (χ1v) is 8.03. The lowest BCUT2D eigenvalue weighted by atomic mass is 9.86. The molecule has 19 heavy (non-hydrogen) atoms. The van der Waals surface area contributed by atoms with Gasteiger partial charge in [-0.1, -0.05) is 6.42 Å². The van der Waals surface area contributed by atoms with Gasteiger partial charge in [0.2, 0.25) is 0 Å². The van der Waals surface area contributed by atoms with Gasteiger partial charge in [-0.3, -0.25) is 4.68 Å². The third kappa shape index (κ3) is 3.15. The highest BCUT2D eigenvalue weighted by Crippen LogP contribution is 2.38. The summed E-state index contributed by atoms with van der Waals surface area (Å²) >= 11 is 1.87. The van der Waals surface area contributed by atoms with E-state index in [0.29, 0.717) is 5.92 Å². The summed E-state index contributed by atoms with van der Waals surface area (Å²) in [5, 5.41) is 18.6. The normalized spacial score (nSPS) is 27.1. The van der Waals surface area contributed by atoms with Crippen LogP contribution in [-0.2, 0) is 7.05 Å². The molecule has 2 N–H and O–H groups in total. The molecule has 0 spiro atoms. The van der Waals surface area contributed by atoms with Crippen LogP contribution in [0.3, 0.4) is 0 Å². The molecule has 1 heterocycles. The van der Waals surface area contributed by atoms with Crippen LogP contribution in [0.25, 0.3) is 0 Å². The van der Waals surface area contributed by atoms with Crippen molar-refractivity contribution in [2.75, 3.05) is 19.4 Å². The van der Waals surface area contributed by atoms with E-state index in [4.69, 9.17) is 0 Å². The second kappa shape index (κ2) is 6.29. The van der Waals surface area contributed by atoms with Gasteiger partial charge in [-0.2, -0.15) is 5.10 Å². The topological polar surface area (TPSA) is 50.1 Å². The van der Waals surface area contributed by atoms with Crippen molar-refractivity contribution in [3.8, 4) is 0 Å². The van der Waals surface area contributed by atoms with Crippen molar-refractivity contribution >= 4 is 11.8 Å². The largest absolute Gasteiger partial charge is 0.394 e. The Labute approximate surface area is 120 Å². The molecule has 2 rings (SSSR count). The summed E-state index contributed by atoms with van der Waals surface area (Å²) in [7, 11) is 3.97. The third-order valence-corrected chi connectivity index (χ3v) is 5.53. The van der Waals surface area contributed by atoms with Crippen LogP contribution in [0.4, 0.5) is 0 Å². The van der Waals surface area contributed by atoms with Crippen LogP contribution in [0.5, 0.6) is 0 Å². The van der Waals surface area contributed by atoms with E-state index in [1.54, 1.807) is 0 Å². The maximum Gasteiger partial charge on any atom is 0.0939 e. The van der Waals surface area contributed by atoms with Crippen molar-refractivity contribution in [1.82, 2.24) is 15.1 Å². The Hall–Kier alpha value is -0.520. The maximum absolute atomic E-state index is 9.67. The molecule has 2 atom stereocenters. The molecule has 1 aliphatic carbocycles. The Kier molecular flexibility index (Phi) is 4.92. The van der Waals surface area contributed by atoms with Gasteiger partial charge in [0.1, 0.15) is 0 Å². The highest BCUT2D eigenvalue weighted by Gasteiger charge is 2.40. The molecule has 1 saturated carbocycles. The molecule has 0 radical (unpaired) electrons. The summed E-state index contributed by atoms with van der Waals surface area (Å²) in [5.41, 5.74) is 1.04. The number of rotatable bonds is 6. The lowest BCUT2D eigenvalue weighted by Crippen LogP contribution is -2.49. The first-order valence-electron chi connectivity index (χ1n) is 7.04. The molecule has 0 amide bonds. The predicted molar refractivity (Wildman–Crippen MR) is 79.5 cm³/mol. The van der Waals surface area contributed by atoms with Crippen LogP contribution in [0, 0.1) is 12.8 Å². The number of nitrogens with zero attached hydrogens (tertiary/aromatic N) is 2. The van der Waals surface area contributed by atoms with Crippen molar-refractivity contribution in [3.05, 3.63) is 11.8 Å². The zero-order valence-corrected chi connectivity index (χ0v) is 13.0. The number of aromatic nitrogens is 2. The number of nitrogens with one attached hydrogen (secondary N) is 1. The van der Waals surface area contributed by atoms with E-state index in [0.717, 1.165) is 24.3 Å². The summed E-state index contributed by atoms with van der Waals surface area (Å²) in [4.78, 5) is 0. The van der Waals surface area contributed by atoms with Crippen LogP contribution < -0.4 is 5.32 Å². The predicted octanol–water partition coefficient (Wildman–Crippen LogP) is 1.96. The van der Waals surface area contributed by atoms with Gasteiger partial charge in [-0.05, 0) is 51.0 Å². The molecular weight excluding hydrogens is 258 g/mol. The van der Waals surface area contributed by atoms with E-state index >= 15 is 0 Å². The van der Waals surface area contributed by atoms with Crippen LogP contribution in [0.2, 0.25) is 0 Å². The number of hydrogen-bond acceptors (Lipinski definition) is 4. The van der Waals surface area contributed by atoms with Crippen LogP contribution in [-0.4, -0.2) is 39.8 Å². The fraction of sp³-hybridized carbons (Fsp3) is 0.786. The van der Waals surface area contributed by atoms with E-state index in [2.05, 4.69) is 16.5 Å². The van der Waals surface area contributed by atoms with E-state index in [9.17, 15) is 5.11 Å². The van der Waals surface area contributed by atoms with E-state index in [1.165, 1.54) is 17.9 Å². The average Bonchev–Trinajstić information content (AvgIpc) is 2.94. The summed E-state index contributed by atoms with van der Waals surface area (Å²) in [6.07, 6.45) is 4.70. The van der Waals surface area contributed by atoms with E-state index in [-0.39, 0.29) is 12.1 Å². The molecule has 0 aliphatic heterocycles. The van der Waals surface area contributed by atoms with Gasteiger partial charge in [0.05, 0.1) is 17.3 Å². The van der Waals surface area contributed by atoms with Crippen molar-refractivity contribution in [2.24, 2.45) is 13.0 Å². The minimum absolute atomic E-state index is 0.0388. The first kappa shape index (κ1) is 14.9. The fourth-order valence-electron chi connectivity index (χ4n) is 3.21. The minimum Gasteiger partial charge on any atom is -0.394 e. The van der Waals surface area contributed by atoms with E-state index in [1.807, 2.05) is 37.5 Å². The summed E-state index contributed by atoms with van der Waals surface area (Å²) in [6.45, 7) is 2.28. The monoisotopic (exact) mass is 283 g/mol. The molecule has 0 saturated heterocycles. The van der Waals surface area contributed by atoms with Crippen LogP contribution in [0.15, 0.2) is 11.1 Å². The van der Waals surface area contributed by atoms with Gasteiger partial charge >= 0.3 is 0 Å². The average molecular weight is 283 g/mol. The molecule has 108 valence electrons. The molecule has 0 aromatic carbocycles. The fourth-order valence-corrected chi connectivity index (χ4v) is 4.30. The van der Waals surface area contributed by atoms with Gasteiger partial charge in [0, 0.05) is 12.6 Å². The Morgan fingerprint density at radius 3 is 3.00 bits per heavy atom. The van der Waals surface area contributed by atoms with Gasteiger partial charge in [-0.25, -0.2) is 0 Å². The molecule has 1 aliphatic rings.